The summed E-state index contributed by atoms with van der Waals surface area (Å²) in [5.41, 5.74) is 1.07. The highest BCUT2D eigenvalue weighted by atomic mass is 32.2. The van der Waals surface area contributed by atoms with Gasteiger partial charge < -0.3 is 15.0 Å². The Hall–Kier alpha value is -3.14. The smallest absolute Gasteiger partial charge is 0.242 e. The molecule has 10 heteroatoms. The number of rotatable bonds is 12. The molecule has 2 aromatic rings. The standard InChI is InChI=1S/C24H32FN3O5S/c1-5-26-24(30)18(2)27(17-19-12-14-20(25)15-13-19)23(29)11-8-16-28(34(4,31)32)21-9-6-7-10-22(21)33-3/h6-7,9-10,12-15,18H,5,8,11,16-17H2,1-4H3,(H,26,30). The van der Waals surface area contributed by atoms with Crippen molar-refractivity contribution in [1.29, 1.82) is 0 Å². The number of halogens is 1. The van der Waals surface area contributed by atoms with Gasteiger partial charge in [-0.3, -0.25) is 13.9 Å². The number of amides is 2. The van der Waals surface area contributed by atoms with Gasteiger partial charge in [-0.15, -0.1) is 0 Å². The highest BCUT2D eigenvalue weighted by Crippen LogP contribution is 2.29. The van der Waals surface area contributed by atoms with Gasteiger partial charge in [0, 0.05) is 26.1 Å². The summed E-state index contributed by atoms with van der Waals surface area (Å²) < 4.78 is 44.7. The Morgan fingerprint density at radius 1 is 1.12 bits per heavy atom. The van der Waals surface area contributed by atoms with Gasteiger partial charge in [0.05, 0.1) is 19.1 Å². The summed E-state index contributed by atoms with van der Waals surface area (Å²) in [6.45, 7) is 4.02. The minimum Gasteiger partial charge on any atom is -0.495 e. The van der Waals surface area contributed by atoms with Gasteiger partial charge in [0.2, 0.25) is 21.8 Å². The van der Waals surface area contributed by atoms with E-state index in [1.807, 2.05) is 0 Å². The molecular formula is C24H32FN3O5S. The second-order valence-corrected chi connectivity index (χ2v) is 9.74. The Kier molecular flexibility index (Phi) is 9.85. The van der Waals surface area contributed by atoms with Crippen LogP contribution < -0.4 is 14.4 Å². The molecule has 0 radical (unpaired) electrons. The normalized spacial score (nSPS) is 12.0. The third-order valence-corrected chi connectivity index (χ3v) is 6.47. The largest absolute Gasteiger partial charge is 0.495 e. The number of hydrogen-bond acceptors (Lipinski definition) is 5. The van der Waals surface area contributed by atoms with Crippen LogP contribution in [0.5, 0.6) is 5.75 Å². The molecule has 0 aromatic heterocycles. The van der Waals surface area contributed by atoms with Gasteiger partial charge in [0.25, 0.3) is 0 Å². The van der Waals surface area contributed by atoms with Crippen molar-refractivity contribution < 1.29 is 27.1 Å². The first kappa shape index (κ1) is 27.1. The zero-order valence-corrected chi connectivity index (χ0v) is 20.8. The molecule has 34 heavy (non-hydrogen) atoms. The van der Waals surface area contributed by atoms with Crippen LogP contribution in [-0.2, 0) is 26.2 Å². The minimum atomic E-state index is -3.63. The van der Waals surface area contributed by atoms with Crippen LogP contribution in [0.25, 0.3) is 0 Å². The zero-order chi connectivity index (χ0) is 25.3. The predicted molar refractivity (Wildman–Crippen MR) is 130 cm³/mol. The van der Waals surface area contributed by atoms with E-state index in [0.29, 0.717) is 23.5 Å². The van der Waals surface area contributed by atoms with Crippen molar-refractivity contribution in [3.63, 3.8) is 0 Å². The number of benzene rings is 2. The molecule has 0 aliphatic carbocycles. The summed E-state index contributed by atoms with van der Waals surface area (Å²) in [7, 11) is -2.17. The van der Waals surface area contributed by atoms with E-state index < -0.39 is 21.9 Å². The van der Waals surface area contributed by atoms with E-state index in [1.165, 1.54) is 28.4 Å². The Morgan fingerprint density at radius 3 is 2.35 bits per heavy atom. The van der Waals surface area contributed by atoms with Gasteiger partial charge >= 0.3 is 0 Å². The third kappa shape index (κ3) is 7.44. The van der Waals surface area contributed by atoms with Crippen molar-refractivity contribution in [3.8, 4) is 5.75 Å². The molecule has 0 heterocycles. The van der Waals surface area contributed by atoms with E-state index >= 15 is 0 Å². The summed E-state index contributed by atoms with van der Waals surface area (Å²) in [6.07, 6.45) is 1.34. The summed E-state index contributed by atoms with van der Waals surface area (Å²) in [4.78, 5) is 27.0. The molecule has 2 amide bonds. The number of methoxy groups -OCH3 is 1. The number of carbonyl (C=O) groups is 2. The summed E-state index contributed by atoms with van der Waals surface area (Å²) in [6, 6.07) is 11.7. The summed E-state index contributed by atoms with van der Waals surface area (Å²) in [5.74, 6) is -0.598. The fourth-order valence-electron chi connectivity index (χ4n) is 3.51. The van der Waals surface area contributed by atoms with E-state index in [4.69, 9.17) is 4.74 Å². The summed E-state index contributed by atoms with van der Waals surface area (Å²) in [5, 5.41) is 2.71. The van der Waals surface area contributed by atoms with Crippen LogP contribution in [0.15, 0.2) is 48.5 Å². The van der Waals surface area contributed by atoms with Crippen molar-refractivity contribution >= 4 is 27.5 Å². The lowest BCUT2D eigenvalue weighted by molar-refractivity contribution is -0.140. The SMILES string of the molecule is CCNC(=O)C(C)N(Cc1ccc(F)cc1)C(=O)CCCN(c1ccccc1OC)S(C)(=O)=O. The van der Waals surface area contributed by atoms with E-state index in [1.54, 1.807) is 50.2 Å². The number of sulfonamides is 1. The van der Waals surface area contributed by atoms with E-state index in [9.17, 15) is 22.4 Å². The van der Waals surface area contributed by atoms with Gasteiger partial charge in [-0.1, -0.05) is 24.3 Å². The number of likely N-dealkylation sites (N-methyl/N-ethyl adjacent to an activating group) is 1. The third-order valence-electron chi connectivity index (χ3n) is 5.29. The Labute approximate surface area is 200 Å². The number of nitrogens with one attached hydrogen (secondary N) is 1. The second-order valence-electron chi connectivity index (χ2n) is 7.83. The van der Waals surface area contributed by atoms with Gasteiger partial charge in [-0.25, -0.2) is 12.8 Å². The maximum absolute atomic E-state index is 13.3. The average Bonchev–Trinajstić information content (AvgIpc) is 2.80. The first-order chi connectivity index (χ1) is 16.1. The van der Waals surface area contributed by atoms with Crippen LogP contribution in [0.4, 0.5) is 10.1 Å². The highest BCUT2D eigenvalue weighted by Gasteiger charge is 2.27. The molecule has 0 bridgehead atoms. The fourth-order valence-corrected chi connectivity index (χ4v) is 4.48. The van der Waals surface area contributed by atoms with Crippen molar-refractivity contribution in [1.82, 2.24) is 10.2 Å². The van der Waals surface area contributed by atoms with Crippen LogP contribution in [0, 0.1) is 5.82 Å². The van der Waals surface area contributed by atoms with Crippen LogP contribution in [-0.4, -0.2) is 57.6 Å². The molecule has 8 nitrogen and oxygen atoms in total. The molecule has 0 saturated heterocycles. The molecule has 0 saturated carbocycles. The van der Waals surface area contributed by atoms with Gasteiger partial charge in [-0.2, -0.15) is 0 Å². The molecule has 0 fully saturated rings. The summed E-state index contributed by atoms with van der Waals surface area (Å²) >= 11 is 0. The molecule has 0 spiro atoms. The molecule has 1 N–H and O–H groups in total. The van der Waals surface area contributed by atoms with E-state index in [2.05, 4.69) is 5.32 Å². The van der Waals surface area contributed by atoms with E-state index in [-0.39, 0.29) is 37.7 Å². The van der Waals surface area contributed by atoms with Crippen molar-refractivity contribution in [3.05, 3.63) is 59.9 Å². The average molecular weight is 494 g/mol. The molecule has 1 atom stereocenters. The van der Waals surface area contributed by atoms with Crippen LogP contribution in [0.3, 0.4) is 0 Å². The van der Waals surface area contributed by atoms with Crippen molar-refractivity contribution in [2.45, 2.75) is 39.3 Å². The van der Waals surface area contributed by atoms with Crippen molar-refractivity contribution in [2.24, 2.45) is 0 Å². The second kappa shape index (κ2) is 12.4. The zero-order valence-electron chi connectivity index (χ0n) is 20.0. The monoisotopic (exact) mass is 493 g/mol. The predicted octanol–water partition coefficient (Wildman–Crippen LogP) is 2.93. The Balaban J connectivity index is 2.17. The van der Waals surface area contributed by atoms with Gasteiger partial charge in [0.1, 0.15) is 17.6 Å². The Bertz CT molecular complexity index is 1080. The van der Waals surface area contributed by atoms with Crippen LogP contribution in [0.2, 0.25) is 0 Å². The minimum absolute atomic E-state index is 0.0199. The fraction of sp³-hybridized carbons (Fsp3) is 0.417. The molecular weight excluding hydrogens is 461 g/mol. The quantitative estimate of drug-likeness (QED) is 0.491. The first-order valence-electron chi connectivity index (χ1n) is 11.0. The van der Waals surface area contributed by atoms with Crippen molar-refractivity contribution in [2.75, 3.05) is 30.8 Å². The van der Waals surface area contributed by atoms with Crippen LogP contribution >= 0.6 is 0 Å². The molecule has 0 aliphatic rings. The molecule has 186 valence electrons. The molecule has 2 aromatic carbocycles. The maximum atomic E-state index is 13.3. The van der Waals surface area contributed by atoms with Crippen LogP contribution in [0.1, 0.15) is 32.3 Å². The number of nitrogens with zero attached hydrogens (tertiary/aromatic N) is 2. The number of hydrogen-bond donors (Lipinski definition) is 1. The lowest BCUT2D eigenvalue weighted by Crippen LogP contribution is -2.47. The number of carbonyl (C=O) groups excluding carboxylic acids is 2. The topological polar surface area (TPSA) is 96.0 Å². The number of anilines is 1. The van der Waals surface area contributed by atoms with E-state index in [0.717, 1.165) is 6.26 Å². The molecule has 0 aliphatic heterocycles. The number of ether oxygens (including phenoxy) is 1. The van der Waals surface area contributed by atoms with Gasteiger partial charge in [-0.05, 0) is 50.1 Å². The Morgan fingerprint density at radius 2 is 1.76 bits per heavy atom. The highest BCUT2D eigenvalue weighted by molar-refractivity contribution is 7.92. The maximum Gasteiger partial charge on any atom is 0.242 e. The lowest BCUT2D eigenvalue weighted by Gasteiger charge is -2.29. The molecule has 2 rings (SSSR count). The molecule has 1 unspecified atom stereocenters. The first-order valence-corrected chi connectivity index (χ1v) is 12.9. The van der Waals surface area contributed by atoms with Gasteiger partial charge in [0.15, 0.2) is 0 Å². The number of para-hydroxylation sites is 2. The lowest BCUT2D eigenvalue weighted by atomic mass is 10.1.